The largest absolute Gasteiger partial charge is 0.340 e. The zero-order valence-corrected chi connectivity index (χ0v) is 9.98. The number of carbonyl (C=O) groups is 1. The van der Waals surface area contributed by atoms with Crippen LogP contribution in [0.1, 0.15) is 12.8 Å². The highest BCUT2D eigenvalue weighted by atomic mass is 32.2. The molecule has 3 nitrogen and oxygen atoms in total. The molecule has 1 aliphatic rings. The SMILES string of the molecule is CSCCCC(=O)N1CCN(C)CC1. The number of nitrogens with zero attached hydrogens (tertiary/aromatic N) is 2. The first-order chi connectivity index (χ1) is 6.74. The molecule has 0 aromatic rings. The third kappa shape index (κ3) is 3.88. The maximum Gasteiger partial charge on any atom is 0.222 e. The highest BCUT2D eigenvalue weighted by molar-refractivity contribution is 7.98. The molecule has 0 aromatic heterocycles. The fourth-order valence-electron chi connectivity index (χ4n) is 1.58. The van der Waals surface area contributed by atoms with Gasteiger partial charge in [-0.2, -0.15) is 11.8 Å². The van der Waals surface area contributed by atoms with Crippen molar-refractivity contribution in [1.82, 2.24) is 9.80 Å². The van der Waals surface area contributed by atoms with Crippen LogP contribution < -0.4 is 0 Å². The van der Waals surface area contributed by atoms with Crippen molar-refractivity contribution < 1.29 is 4.79 Å². The van der Waals surface area contributed by atoms with Crippen LogP contribution in [0.15, 0.2) is 0 Å². The fourth-order valence-corrected chi connectivity index (χ4v) is 2.01. The van der Waals surface area contributed by atoms with Gasteiger partial charge in [-0.15, -0.1) is 0 Å². The first-order valence-electron chi connectivity index (χ1n) is 5.19. The smallest absolute Gasteiger partial charge is 0.222 e. The van der Waals surface area contributed by atoms with E-state index in [-0.39, 0.29) is 0 Å². The minimum absolute atomic E-state index is 0.340. The summed E-state index contributed by atoms with van der Waals surface area (Å²) in [4.78, 5) is 15.9. The normalized spacial score (nSPS) is 18.6. The third-order valence-corrected chi connectivity index (χ3v) is 3.29. The lowest BCUT2D eigenvalue weighted by Crippen LogP contribution is -2.47. The summed E-state index contributed by atoms with van der Waals surface area (Å²) < 4.78 is 0. The highest BCUT2D eigenvalue weighted by Crippen LogP contribution is 2.05. The molecule has 0 saturated carbocycles. The molecule has 1 aliphatic heterocycles. The van der Waals surface area contributed by atoms with Gasteiger partial charge in [-0.1, -0.05) is 0 Å². The first-order valence-corrected chi connectivity index (χ1v) is 6.58. The van der Waals surface area contributed by atoms with Crippen LogP contribution in [0.3, 0.4) is 0 Å². The van der Waals surface area contributed by atoms with Crippen molar-refractivity contribution in [1.29, 1.82) is 0 Å². The van der Waals surface area contributed by atoms with Crippen LogP contribution in [-0.4, -0.2) is 60.9 Å². The molecule has 1 saturated heterocycles. The molecule has 0 N–H and O–H groups in total. The summed E-state index contributed by atoms with van der Waals surface area (Å²) in [6.45, 7) is 3.87. The van der Waals surface area contributed by atoms with Crippen molar-refractivity contribution in [3.63, 3.8) is 0 Å². The van der Waals surface area contributed by atoms with Crippen molar-refractivity contribution in [2.24, 2.45) is 0 Å². The average molecular weight is 216 g/mol. The molecule has 0 atom stereocenters. The Balaban J connectivity index is 2.17. The van der Waals surface area contributed by atoms with Gasteiger partial charge in [0.15, 0.2) is 0 Å². The van der Waals surface area contributed by atoms with E-state index >= 15 is 0 Å². The van der Waals surface area contributed by atoms with E-state index in [2.05, 4.69) is 18.2 Å². The fraction of sp³-hybridized carbons (Fsp3) is 0.900. The van der Waals surface area contributed by atoms with Crippen molar-refractivity contribution in [2.45, 2.75) is 12.8 Å². The zero-order valence-electron chi connectivity index (χ0n) is 9.16. The molecule has 0 radical (unpaired) electrons. The number of thioether (sulfide) groups is 1. The zero-order chi connectivity index (χ0) is 10.4. The van der Waals surface area contributed by atoms with Crippen molar-refractivity contribution in [3.8, 4) is 0 Å². The van der Waals surface area contributed by atoms with E-state index in [0.29, 0.717) is 5.91 Å². The summed E-state index contributed by atoms with van der Waals surface area (Å²) in [5.74, 6) is 1.44. The van der Waals surface area contributed by atoms with E-state index in [4.69, 9.17) is 0 Å². The van der Waals surface area contributed by atoms with Gasteiger partial charge < -0.3 is 9.80 Å². The van der Waals surface area contributed by atoms with Gasteiger partial charge in [0.25, 0.3) is 0 Å². The van der Waals surface area contributed by atoms with Gasteiger partial charge >= 0.3 is 0 Å². The quantitative estimate of drug-likeness (QED) is 0.653. The second-order valence-corrected chi connectivity index (χ2v) is 4.77. The van der Waals surface area contributed by atoms with Gasteiger partial charge in [-0.3, -0.25) is 4.79 Å². The Bertz CT molecular complexity index is 179. The van der Waals surface area contributed by atoms with Gasteiger partial charge in [0.1, 0.15) is 0 Å². The lowest BCUT2D eigenvalue weighted by molar-refractivity contribution is -0.132. The summed E-state index contributed by atoms with van der Waals surface area (Å²) >= 11 is 1.81. The van der Waals surface area contributed by atoms with Gasteiger partial charge in [-0.05, 0) is 25.5 Å². The number of hydrogen-bond acceptors (Lipinski definition) is 3. The first kappa shape index (κ1) is 11.9. The second-order valence-electron chi connectivity index (χ2n) is 3.78. The van der Waals surface area contributed by atoms with E-state index in [9.17, 15) is 4.79 Å². The summed E-state index contributed by atoms with van der Waals surface area (Å²) in [5.41, 5.74) is 0. The van der Waals surface area contributed by atoms with Crippen molar-refractivity contribution in [3.05, 3.63) is 0 Å². The average Bonchev–Trinajstić information content (AvgIpc) is 2.19. The molecule has 82 valence electrons. The second kappa shape index (κ2) is 6.30. The molecule has 14 heavy (non-hydrogen) atoms. The topological polar surface area (TPSA) is 23.6 Å². The Morgan fingerprint density at radius 3 is 2.50 bits per heavy atom. The Hall–Kier alpha value is -0.220. The standard InChI is InChI=1S/C10H20N2OS/c1-11-5-7-12(8-6-11)10(13)4-3-9-14-2/h3-9H2,1-2H3. The Labute approximate surface area is 90.8 Å². The predicted molar refractivity (Wildman–Crippen MR) is 61.7 cm³/mol. The molecule has 0 bridgehead atoms. The number of amides is 1. The Kier molecular flexibility index (Phi) is 5.33. The minimum atomic E-state index is 0.340. The monoisotopic (exact) mass is 216 g/mol. The van der Waals surface area contributed by atoms with E-state index in [0.717, 1.165) is 44.8 Å². The number of piperazine rings is 1. The molecule has 0 spiro atoms. The van der Waals surface area contributed by atoms with E-state index in [1.54, 1.807) is 0 Å². The summed E-state index contributed by atoms with van der Waals surface area (Å²) in [5, 5.41) is 0. The predicted octanol–water partition coefficient (Wildman–Crippen LogP) is 0.904. The molecule has 0 aliphatic carbocycles. The maximum atomic E-state index is 11.7. The van der Waals surface area contributed by atoms with E-state index in [1.807, 2.05) is 16.7 Å². The van der Waals surface area contributed by atoms with Gasteiger partial charge in [-0.25, -0.2) is 0 Å². The number of carbonyl (C=O) groups excluding carboxylic acids is 1. The Morgan fingerprint density at radius 2 is 1.93 bits per heavy atom. The summed E-state index contributed by atoms with van der Waals surface area (Å²) in [6.07, 6.45) is 3.83. The number of likely N-dealkylation sites (N-methyl/N-ethyl adjacent to an activating group) is 1. The molecule has 1 fully saturated rings. The lowest BCUT2D eigenvalue weighted by atomic mass is 10.2. The summed E-state index contributed by atoms with van der Waals surface area (Å²) in [6, 6.07) is 0. The summed E-state index contributed by atoms with van der Waals surface area (Å²) in [7, 11) is 2.11. The van der Waals surface area contributed by atoms with Crippen LogP contribution in [0.5, 0.6) is 0 Å². The van der Waals surface area contributed by atoms with Crippen molar-refractivity contribution in [2.75, 3.05) is 45.2 Å². The molecule has 0 unspecified atom stereocenters. The molecule has 0 aromatic carbocycles. The van der Waals surface area contributed by atoms with Crippen LogP contribution in [0, 0.1) is 0 Å². The number of hydrogen-bond donors (Lipinski definition) is 0. The van der Waals surface area contributed by atoms with Crippen molar-refractivity contribution >= 4 is 17.7 Å². The lowest BCUT2D eigenvalue weighted by Gasteiger charge is -2.32. The van der Waals surface area contributed by atoms with E-state index < -0.39 is 0 Å². The molecule has 4 heteroatoms. The molecular weight excluding hydrogens is 196 g/mol. The van der Waals surface area contributed by atoms with Crippen LogP contribution >= 0.6 is 11.8 Å². The number of rotatable bonds is 4. The van der Waals surface area contributed by atoms with Gasteiger partial charge in [0.05, 0.1) is 0 Å². The third-order valence-electron chi connectivity index (χ3n) is 2.60. The molecule has 1 amide bonds. The molecular formula is C10H20N2OS. The van der Waals surface area contributed by atoms with Gasteiger partial charge in [0, 0.05) is 32.6 Å². The maximum absolute atomic E-state index is 11.7. The van der Waals surface area contributed by atoms with E-state index in [1.165, 1.54) is 0 Å². The van der Waals surface area contributed by atoms with Crippen LogP contribution in [0.2, 0.25) is 0 Å². The highest BCUT2D eigenvalue weighted by Gasteiger charge is 2.17. The van der Waals surface area contributed by atoms with Crippen LogP contribution in [-0.2, 0) is 4.79 Å². The minimum Gasteiger partial charge on any atom is -0.340 e. The van der Waals surface area contributed by atoms with Gasteiger partial charge in [0.2, 0.25) is 5.91 Å². The van der Waals surface area contributed by atoms with Crippen LogP contribution in [0.4, 0.5) is 0 Å². The molecule has 1 heterocycles. The molecule has 1 rings (SSSR count). The Morgan fingerprint density at radius 1 is 1.29 bits per heavy atom. The van der Waals surface area contributed by atoms with Crippen LogP contribution in [0.25, 0.3) is 0 Å².